The molecule has 2 amide bonds. The van der Waals surface area contributed by atoms with Gasteiger partial charge in [0.05, 0.1) is 13.1 Å². The van der Waals surface area contributed by atoms with Gasteiger partial charge in [-0.25, -0.2) is 4.98 Å². The van der Waals surface area contributed by atoms with E-state index in [0.29, 0.717) is 56.7 Å². The molecule has 0 radical (unpaired) electrons. The fraction of sp³-hybridized carbons (Fsp3) is 0.417. The summed E-state index contributed by atoms with van der Waals surface area (Å²) in [6, 6.07) is 10.4. The van der Waals surface area contributed by atoms with E-state index in [1.54, 1.807) is 6.92 Å². The number of aromatic amines is 1. The molecule has 5 rings (SSSR count). The van der Waals surface area contributed by atoms with Crippen LogP contribution in [0.5, 0.6) is 0 Å². The summed E-state index contributed by atoms with van der Waals surface area (Å²) in [4.78, 5) is 43.4. The van der Waals surface area contributed by atoms with Crippen LogP contribution in [-0.2, 0) is 17.9 Å². The van der Waals surface area contributed by atoms with E-state index < -0.39 is 0 Å². The zero-order valence-electron chi connectivity index (χ0n) is 19.3. The van der Waals surface area contributed by atoms with E-state index in [4.69, 9.17) is 4.98 Å². The molecule has 9 heteroatoms. The number of rotatable bonds is 5. The number of anilines is 2. The summed E-state index contributed by atoms with van der Waals surface area (Å²) in [5.74, 6) is 1.25. The van der Waals surface area contributed by atoms with Crippen molar-refractivity contribution in [2.45, 2.75) is 39.9 Å². The maximum Gasteiger partial charge on any atom is 0.273 e. The monoisotopic (exact) mass is 447 g/mol. The minimum Gasteiger partial charge on any atom is -0.364 e. The Labute approximate surface area is 192 Å². The number of hydrogen-bond donors (Lipinski definition) is 2. The first-order valence-electron chi connectivity index (χ1n) is 11.4. The standard InChI is InChI=1S/C24H29N7O2/c1-15(2)31-14-19-21(23(31)33)27-24(30-10-8-29(9-11-30)16(3)32)28-22(19)25-13-18-12-17-6-4-5-7-20(17)26-18/h4-7,12,15,26H,8-11,13-14H2,1-3H3,(H,25,27,28). The second kappa shape index (κ2) is 8.38. The van der Waals surface area contributed by atoms with E-state index in [1.165, 1.54) is 0 Å². The number of carbonyl (C=O) groups excluding carboxylic acids is 2. The molecule has 0 bridgehead atoms. The van der Waals surface area contributed by atoms with Gasteiger partial charge >= 0.3 is 0 Å². The molecular weight excluding hydrogens is 418 g/mol. The van der Waals surface area contributed by atoms with Gasteiger partial charge in [0.2, 0.25) is 11.9 Å². The largest absolute Gasteiger partial charge is 0.364 e. The quantitative estimate of drug-likeness (QED) is 0.624. The molecule has 2 aliphatic rings. The number of para-hydroxylation sites is 1. The van der Waals surface area contributed by atoms with Gasteiger partial charge in [0.25, 0.3) is 5.91 Å². The summed E-state index contributed by atoms with van der Waals surface area (Å²) in [5.41, 5.74) is 3.45. The van der Waals surface area contributed by atoms with Crippen molar-refractivity contribution in [2.24, 2.45) is 0 Å². The molecule has 2 aromatic heterocycles. The summed E-state index contributed by atoms with van der Waals surface area (Å²) in [6.07, 6.45) is 0. The molecule has 0 spiro atoms. The van der Waals surface area contributed by atoms with Crippen LogP contribution < -0.4 is 10.2 Å². The van der Waals surface area contributed by atoms with Gasteiger partial charge in [0, 0.05) is 55.9 Å². The molecule has 1 aromatic carbocycles. The lowest BCUT2D eigenvalue weighted by Gasteiger charge is -2.34. The maximum absolute atomic E-state index is 13.1. The second-order valence-corrected chi connectivity index (χ2v) is 8.95. The summed E-state index contributed by atoms with van der Waals surface area (Å²) < 4.78 is 0. The van der Waals surface area contributed by atoms with Crippen molar-refractivity contribution in [3.05, 3.63) is 47.3 Å². The predicted molar refractivity (Wildman–Crippen MR) is 127 cm³/mol. The highest BCUT2D eigenvalue weighted by molar-refractivity contribution is 5.98. The van der Waals surface area contributed by atoms with Crippen molar-refractivity contribution >= 4 is 34.5 Å². The van der Waals surface area contributed by atoms with E-state index in [2.05, 4.69) is 38.4 Å². The fourth-order valence-electron chi connectivity index (χ4n) is 4.51. The second-order valence-electron chi connectivity index (χ2n) is 8.95. The number of benzene rings is 1. The lowest BCUT2D eigenvalue weighted by molar-refractivity contribution is -0.129. The van der Waals surface area contributed by atoms with Gasteiger partial charge in [0.15, 0.2) is 0 Å². The molecule has 9 nitrogen and oxygen atoms in total. The van der Waals surface area contributed by atoms with Gasteiger partial charge in [-0.3, -0.25) is 9.59 Å². The van der Waals surface area contributed by atoms with Gasteiger partial charge in [-0.15, -0.1) is 0 Å². The smallest absolute Gasteiger partial charge is 0.273 e. The van der Waals surface area contributed by atoms with Gasteiger partial charge in [0.1, 0.15) is 11.5 Å². The van der Waals surface area contributed by atoms with E-state index in [-0.39, 0.29) is 17.9 Å². The minimum atomic E-state index is -0.0558. The predicted octanol–water partition coefficient (Wildman–Crippen LogP) is 2.60. The van der Waals surface area contributed by atoms with Crippen molar-refractivity contribution in [2.75, 3.05) is 36.4 Å². The Bertz CT molecular complexity index is 1180. The van der Waals surface area contributed by atoms with E-state index in [9.17, 15) is 9.59 Å². The molecule has 3 aromatic rings. The summed E-state index contributed by atoms with van der Waals surface area (Å²) >= 11 is 0. The fourth-order valence-corrected chi connectivity index (χ4v) is 4.51. The number of aromatic nitrogens is 3. The van der Waals surface area contributed by atoms with Crippen LogP contribution in [0.3, 0.4) is 0 Å². The molecule has 33 heavy (non-hydrogen) atoms. The van der Waals surface area contributed by atoms with Crippen LogP contribution in [0.15, 0.2) is 30.3 Å². The van der Waals surface area contributed by atoms with Crippen molar-refractivity contribution in [1.29, 1.82) is 0 Å². The highest BCUT2D eigenvalue weighted by atomic mass is 16.2. The average molecular weight is 448 g/mol. The Balaban J connectivity index is 1.43. The third kappa shape index (κ3) is 3.99. The van der Waals surface area contributed by atoms with Crippen LogP contribution in [-0.4, -0.2) is 68.8 Å². The topological polar surface area (TPSA) is 97.5 Å². The lowest BCUT2D eigenvalue weighted by atomic mass is 10.2. The van der Waals surface area contributed by atoms with E-state index in [0.717, 1.165) is 22.2 Å². The highest BCUT2D eigenvalue weighted by Crippen LogP contribution is 2.31. The first kappa shape index (κ1) is 21.2. The van der Waals surface area contributed by atoms with Crippen molar-refractivity contribution < 1.29 is 9.59 Å². The molecule has 0 saturated carbocycles. The van der Waals surface area contributed by atoms with E-state index in [1.807, 2.05) is 35.8 Å². The molecule has 4 heterocycles. The average Bonchev–Trinajstić information content (AvgIpc) is 3.38. The van der Waals surface area contributed by atoms with Gasteiger partial charge in [-0.05, 0) is 31.4 Å². The van der Waals surface area contributed by atoms with E-state index >= 15 is 0 Å². The number of nitrogens with zero attached hydrogens (tertiary/aromatic N) is 5. The number of fused-ring (bicyclic) bond motifs is 2. The Hall–Kier alpha value is -3.62. The van der Waals surface area contributed by atoms with Crippen LogP contribution >= 0.6 is 0 Å². The normalized spacial score (nSPS) is 16.1. The first-order valence-corrected chi connectivity index (χ1v) is 11.4. The number of amides is 2. The summed E-state index contributed by atoms with van der Waals surface area (Å²) in [5, 5.41) is 4.62. The highest BCUT2D eigenvalue weighted by Gasteiger charge is 2.35. The maximum atomic E-state index is 13.1. The molecule has 2 aliphatic heterocycles. The molecule has 0 atom stereocenters. The lowest BCUT2D eigenvalue weighted by Crippen LogP contribution is -2.48. The Morgan fingerprint density at radius 3 is 2.61 bits per heavy atom. The summed E-state index contributed by atoms with van der Waals surface area (Å²) in [7, 11) is 0. The van der Waals surface area contributed by atoms with Crippen LogP contribution in [0.4, 0.5) is 11.8 Å². The molecule has 0 aliphatic carbocycles. The molecule has 2 N–H and O–H groups in total. The number of hydrogen-bond acceptors (Lipinski definition) is 6. The van der Waals surface area contributed by atoms with Gasteiger partial charge in [-0.2, -0.15) is 4.98 Å². The van der Waals surface area contributed by atoms with Gasteiger partial charge < -0.3 is 25.0 Å². The Kier molecular flexibility index (Phi) is 5.39. The molecule has 0 unspecified atom stereocenters. The number of carbonyl (C=O) groups is 2. The zero-order valence-corrected chi connectivity index (χ0v) is 19.3. The van der Waals surface area contributed by atoms with Crippen molar-refractivity contribution in [3.8, 4) is 0 Å². The minimum absolute atomic E-state index is 0.0558. The molecule has 1 fully saturated rings. The van der Waals surface area contributed by atoms with Crippen molar-refractivity contribution in [3.63, 3.8) is 0 Å². The summed E-state index contributed by atoms with van der Waals surface area (Å²) in [6.45, 7) is 9.20. The van der Waals surface area contributed by atoms with Crippen LogP contribution in [0.2, 0.25) is 0 Å². The third-order valence-corrected chi connectivity index (χ3v) is 6.45. The Morgan fingerprint density at radius 2 is 1.91 bits per heavy atom. The first-order chi connectivity index (χ1) is 15.9. The Morgan fingerprint density at radius 1 is 1.15 bits per heavy atom. The van der Waals surface area contributed by atoms with Crippen LogP contribution in [0.1, 0.15) is 42.5 Å². The number of H-pyrrole nitrogens is 1. The van der Waals surface area contributed by atoms with Crippen LogP contribution in [0.25, 0.3) is 10.9 Å². The molecule has 1 saturated heterocycles. The van der Waals surface area contributed by atoms with Gasteiger partial charge in [-0.1, -0.05) is 18.2 Å². The molecule has 172 valence electrons. The third-order valence-electron chi connectivity index (χ3n) is 6.45. The number of nitrogens with one attached hydrogen (secondary N) is 2. The molecular formula is C24H29N7O2. The van der Waals surface area contributed by atoms with Crippen LogP contribution in [0, 0.1) is 0 Å². The zero-order chi connectivity index (χ0) is 23.1. The SMILES string of the molecule is CC(=O)N1CCN(c2nc(NCc3cc4ccccc4[nH]3)c3c(n2)C(=O)N(C(C)C)C3)CC1. The number of piperazine rings is 1. The van der Waals surface area contributed by atoms with Crippen molar-refractivity contribution in [1.82, 2.24) is 24.8 Å².